The quantitative estimate of drug-likeness (QED) is 0.564. The van der Waals surface area contributed by atoms with Gasteiger partial charge in [0.05, 0.1) is 12.0 Å². The first-order chi connectivity index (χ1) is 14.7. The maximum absolute atomic E-state index is 13.9. The maximum Gasteiger partial charge on any atom is 0.234 e. The van der Waals surface area contributed by atoms with Gasteiger partial charge in [0, 0.05) is 20.1 Å². The van der Waals surface area contributed by atoms with Crippen LogP contribution in [0.1, 0.15) is 35.1 Å². The number of carbonyl (C=O) groups is 1. The van der Waals surface area contributed by atoms with Crippen molar-refractivity contribution in [2.75, 3.05) is 26.7 Å². The van der Waals surface area contributed by atoms with Crippen molar-refractivity contribution in [1.29, 1.82) is 0 Å². The van der Waals surface area contributed by atoms with Crippen molar-refractivity contribution in [2.45, 2.75) is 18.4 Å². The highest BCUT2D eigenvalue weighted by molar-refractivity contribution is 5.87. The van der Waals surface area contributed by atoms with Crippen LogP contribution in [0, 0.1) is 6.42 Å². The molecule has 1 heterocycles. The molecule has 0 saturated carbocycles. The van der Waals surface area contributed by atoms with Crippen LogP contribution in [-0.2, 0) is 4.79 Å². The van der Waals surface area contributed by atoms with Gasteiger partial charge in [0.1, 0.15) is 0 Å². The van der Waals surface area contributed by atoms with Crippen LogP contribution in [0.4, 0.5) is 0 Å². The molecule has 30 heavy (non-hydrogen) atoms. The van der Waals surface area contributed by atoms with E-state index in [4.69, 9.17) is 0 Å². The topological polar surface area (TPSA) is 23.6 Å². The first-order valence-corrected chi connectivity index (χ1v) is 10.7. The molecule has 3 nitrogen and oxygen atoms in total. The van der Waals surface area contributed by atoms with Gasteiger partial charge < -0.3 is 9.80 Å². The molecule has 0 bridgehead atoms. The summed E-state index contributed by atoms with van der Waals surface area (Å²) in [6, 6.07) is 30.7. The van der Waals surface area contributed by atoms with Crippen LogP contribution < -0.4 is 0 Å². The van der Waals surface area contributed by atoms with Gasteiger partial charge in [0.25, 0.3) is 0 Å². The molecule has 1 unspecified atom stereocenters. The third-order valence-corrected chi connectivity index (χ3v) is 5.98. The number of likely N-dealkylation sites (tertiary alicyclic amines) is 1. The molecule has 1 fully saturated rings. The largest absolute Gasteiger partial charge is 0.337 e. The summed E-state index contributed by atoms with van der Waals surface area (Å²) in [7, 11) is 1.96. The molecule has 3 heteroatoms. The van der Waals surface area contributed by atoms with Crippen LogP contribution in [0.2, 0.25) is 0 Å². The molecule has 3 aromatic rings. The third kappa shape index (κ3) is 4.63. The SMILES string of the molecule is CN(C(=O)C(c1ccccc1)c1ccccc1)C(CN1C[CH]CC1)c1ccccc1. The first kappa shape index (κ1) is 20.4. The van der Waals surface area contributed by atoms with E-state index in [2.05, 4.69) is 59.9 Å². The van der Waals surface area contributed by atoms with Crippen molar-refractivity contribution >= 4 is 5.91 Å². The molecule has 0 aliphatic carbocycles. The smallest absolute Gasteiger partial charge is 0.234 e. The van der Waals surface area contributed by atoms with Gasteiger partial charge in [-0.15, -0.1) is 0 Å². The summed E-state index contributed by atoms with van der Waals surface area (Å²) in [5.41, 5.74) is 3.24. The molecule has 1 aliphatic heterocycles. The Hall–Kier alpha value is -2.91. The second-order valence-electron chi connectivity index (χ2n) is 7.97. The minimum atomic E-state index is -0.311. The van der Waals surface area contributed by atoms with E-state index in [9.17, 15) is 4.79 Å². The Morgan fingerprint density at radius 3 is 1.80 bits per heavy atom. The maximum atomic E-state index is 13.9. The van der Waals surface area contributed by atoms with Crippen molar-refractivity contribution in [2.24, 2.45) is 0 Å². The van der Waals surface area contributed by atoms with Crippen molar-refractivity contribution < 1.29 is 4.79 Å². The second kappa shape index (κ2) is 9.73. The van der Waals surface area contributed by atoms with Gasteiger partial charge in [0.15, 0.2) is 0 Å². The molecule has 1 aliphatic rings. The zero-order valence-electron chi connectivity index (χ0n) is 17.5. The lowest BCUT2D eigenvalue weighted by Crippen LogP contribution is -2.41. The molecule has 0 N–H and O–H groups in total. The van der Waals surface area contributed by atoms with Crippen molar-refractivity contribution in [3.63, 3.8) is 0 Å². The molecule has 3 aromatic carbocycles. The summed E-state index contributed by atoms with van der Waals surface area (Å²) in [5, 5.41) is 0. The minimum absolute atomic E-state index is 0.0140. The third-order valence-electron chi connectivity index (χ3n) is 5.98. The van der Waals surface area contributed by atoms with E-state index in [0.29, 0.717) is 0 Å². The van der Waals surface area contributed by atoms with Crippen LogP contribution in [0.5, 0.6) is 0 Å². The number of hydrogen-bond acceptors (Lipinski definition) is 2. The van der Waals surface area contributed by atoms with E-state index in [1.54, 1.807) is 0 Å². The van der Waals surface area contributed by atoms with E-state index < -0.39 is 0 Å². The molecular weight excluding hydrogens is 368 g/mol. The van der Waals surface area contributed by atoms with E-state index in [0.717, 1.165) is 37.2 Å². The van der Waals surface area contributed by atoms with E-state index >= 15 is 0 Å². The Labute approximate surface area is 180 Å². The highest BCUT2D eigenvalue weighted by Gasteiger charge is 2.31. The van der Waals surface area contributed by atoms with Crippen LogP contribution in [0.15, 0.2) is 91.0 Å². The minimum Gasteiger partial charge on any atom is -0.337 e. The fraction of sp³-hybridized carbons (Fsp3) is 0.259. The van der Waals surface area contributed by atoms with Crippen LogP contribution in [-0.4, -0.2) is 42.4 Å². The Kier molecular flexibility index (Phi) is 6.60. The molecule has 153 valence electrons. The number of nitrogens with zero attached hydrogens (tertiary/aromatic N) is 2. The van der Waals surface area contributed by atoms with Crippen LogP contribution in [0.25, 0.3) is 0 Å². The standard InChI is InChI=1S/C27H29N2O/c1-28(25(21-29-19-11-12-20-29)22-13-5-2-6-14-22)27(30)26(23-15-7-3-8-16-23)24-17-9-4-10-18-24/h2-11,13-18,25-26H,12,19-21H2,1H3. The molecule has 0 aromatic heterocycles. The Morgan fingerprint density at radius 2 is 1.33 bits per heavy atom. The van der Waals surface area contributed by atoms with Crippen LogP contribution in [0.3, 0.4) is 0 Å². The second-order valence-corrected chi connectivity index (χ2v) is 7.97. The molecule has 0 spiro atoms. The molecule has 1 radical (unpaired) electrons. The van der Waals surface area contributed by atoms with Gasteiger partial charge in [-0.3, -0.25) is 4.79 Å². The zero-order valence-corrected chi connectivity index (χ0v) is 17.5. The molecule has 1 saturated heterocycles. The summed E-state index contributed by atoms with van der Waals surface area (Å²) in [5.74, 6) is -0.182. The summed E-state index contributed by atoms with van der Waals surface area (Å²) >= 11 is 0. The summed E-state index contributed by atoms with van der Waals surface area (Å²) in [6.07, 6.45) is 3.44. The fourth-order valence-electron chi connectivity index (χ4n) is 4.30. The van der Waals surface area contributed by atoms with Crippen molar-refractivity contribution in [3.05, 3.63) is 114 Å². The van der Waals surface area contributed by atoms with E-state index in [1.165, 1.54) is 5.56 Å². The zero-order chi connectivity index (χ0) is 20.8. The van der Waals surface area contributed by atoms with E-state index in [-0.39, 0.29) is 17.9 Å². The van der Waals surface area contributed by atoms with E-state index in [1.807, 2.05) is 54.4 Å². The normalized spacial score (nSPS) is 15.3. The highest BCUT2D eigenvalue weighted by atomic mass is 16.2. The fourth-order valence-corrected chi connectivity index (χ4v) is 4.30. The Morgan fingerprint density at radius 1 is 0.833 bits per heavy atom. The van der Waals surface area contributed by atoms with Gasteiger partial charge in [-0.2, -0.15) is 0 Å². The number of amides is 1. The molecule has 4 rings (SSSR count). The van der Waals surface area contributed by atoms with Crippen molar-refractivity contribution in [1.82, 2.24) is 9.80 Å². The Bertz CT molecular complexity index is 881. The van der Waals surface area contributed by atoms with Crippen molar-refractivity contribution in [3.8, 4) is 0 Å². The average molecular weight is 398 g/mol. The first-order valence-electron chi connectivity index (χ1n) is 10.7. The van der Waals surface area contributed by atoms with Crippen LogP contribution >= 0.6 is 0 Å². The van der Waals surface area contributed by atoms with Gasteiger partial charge in [-0.05, 0) is 36.1 Å². The lowest BCUT2D eigenvalue weighted by atomic mass is 9.89. The number of benzene rings is 3. The van der Waals surface area contributed by atoms with Gasteiger partial charge in [0.2, 0.25) is 5.91 Å². The van der Waals surface area contributed by atoms with Gasteiger partial charge in [-0.1, -0.05) is 91.0 Å². The summed E-state index contributed by atoms with van der Waals surface area (Å²) in [6.45, 7) is 2.90. The van der Waals surface area contributed by atoms with Gasteiger partial charge in [-0.25, -0.2) is 0 Å². The monoisotopic (exact) mass is 397 g/mol. The lowest BCUT2D eigenvalue weighted by molar-refractivity contribution is -0.133. The predicted molar refractivity (Wildman–Crippen MR) is 122 cm³/mol. The number of likely N-dealkylation sites (N-methyl/N-ethyl adjacent to an activating group) is 1. The molecule has 1 amide bonds. The number of hydrogen-bond donors (Lipinski definition) is 0. The lowest BCUT2D eigenvalue weighted by Gasteiger charge is -2.34. The predicted octanol–water partition coefficient (Wildman–Crippen LogP) is 4.93. The summed E-state index contributed by atoms with van der Waals surface area (Å²) < 4.78 is 0. The molecule has 1 atom stereocenters. The average Bonchev–Trinajstić information content (AvgIpc) is 3.32. The Balaban J connectivity index is 1.67. The number of rotatable bonds is 7. The van der Waals surface area contributed by atoms with Gasteiger partial charge >= 0.3 is 0 Å². The summed E-state index contributed by atoms with van der Waals surface area (Å²) in [4.78, 5) is 18.3. The highest BCUT2D eigenvalue weighted by Crippen LogP contribution is 2.31. The molecular formula is C27H29N2O. The number of carbonyl (C=O) groups excluding carboxylic acids is 1.